The van der Waals surface area contributed by atoms with E-state index in [1.54, 1.807) is 11.3 Å². The molecule has 0 aliphatic rings. The number of nitrogens with one attached hydrogen (secondary N) is 1. The van der Waals surface area contributed by atoms with E-state index in [0.717, 1.165) is 37.5 Å². The lowest BCUT2D eigenvalue weighted by Gasteiger charge is -2.21. The second-order valence-electron chi connectivity index (χ2n) is 5.36. The van der Waals surface area contributed by atoms with Gasteiger partial charge in [-0.15, -0.1) is 35.3 Å². The Hall–Kier alpha value is -1.15. The molecular formula is C18H25FIN3S. The molecule has 0 fully saturated rings. The van der Waals surface area contributed by atoms with Crippen LogP contribution in [0.1, 0.15) is 17.4 Å². The molecule has 0 saturated heterocycles. The number of halogens is 2. The number of guanidine groups is 1. The first kappa shape index (κ1) is 20.9. The van der Waals surface area contributed by atoms with E-state index >= 15 is 0 Å². The first-order valence-electron chi connectivity index (χ1n) is 7.95. The fourth-order valence-corrected chi connectivity index (χ4v) is 2.95. The van der Waals surface area contributed by atoms with Gasteiger partial charge in [-0.3, -0.25) is 4.99 Å². The molecule has 0 saturated carbocycles. The fourth-order valence-electron chi connectivity index (χ4n) is 2.25. The number of benzene rings is 1. The highest BCUT2D eigenvalue weighted by molar-refractivity contribution is 14.0. The van der Waals surface area contributed by atoms with Crippen LogP contribution in [0.5, 0.6) is 0 Å². The van der Waals surface area contributed by atoms with Crippen LogP contribution in [0.25, 0.3) is 0 Å². The quantitative estimate of drug-likeness (QED) is 0.381. The third-order valence-electron chi connectivity index (χ3n) is 3.55. The standard InChI is InChI=1S/C18H24FN3S.HI/c1-3-20-18(22(2)13-11-17-5-4-14-23-17)21-12-10-15-6-8-16(19)9-7-15;/h4-9,14H,3,10-13H2,1-2H3,(H,20,21);1H. The zero-order valence-corrected chi connectivity index (χ0v) is 17.3. The number of likely N-dealkylation sites (N-methyl/N-ethyl adjacent to an activating group) is 1. The zero-order chi connectivity index (χ0) is 16.5. The van der Waals surface area contributed by atoms with E-state index in [0.29, 0.717) is 6.54 Å². The summed E-state index contributed by atoms with van der Waals surface area (Å²) in [6.45, 7) is 4.54. The second kappa shape index (κ2) is 11.4. The fraction of sp³-hybridized carbons (Fsp3) is 0.389. The SMILES string of the molecule is CCNC(=NCCc1ccc(F)cc1)N(C)CCc1cccs1.I. The van der Waals surface area contributed by atoms with E-state index in [2.05, 4.69) is 46.7 Å². The van der Waals surface area contributed by atoms with E-state index < -0.39 is 0 Å². The molecule has 0 spiro atoms. The van der Waals surface area contributed by atoms with E-state index in [-0.39, 0.29) is 29.8 Å². The van der Waals surface area contributed by atoms with Gasteiger partial charge in [0.1, 0.15) is 5.82 Å². The van der Waals surface area contributed by atoms with Gasteiger partial charge < -0.3 is 10.2 Å². The van der Waals surface area contributed by atoms with Crippen LogP contribution < -0.4 is 5.32 Å². The van der Waals surface area contributed by atoms with Crippen molar-refractivity contribution in [1.29, 1.82) is 0 Å². The summed E-state index contributed by atoms with van der Waals surface area (Å²) in [7, 11) is 2.06. The van der Waals surface area contributed by atoms with Crippen LogP contribution in [0.4, 0.5) is 4.39 Å². The maximum atomic E-state index is 12.9. The van der Waals surface area contributed by atoms with Crippen LogP contribution in [0.3, 0.4) is 0 Å². The van der Waals surface area contributed by atoms with Crippen LogP contribution >= 0.6 is 35.3 Å². The van der Waals surface area contributed by atoms with Gasteiger partial charge in [0, 0.05) is 31.6 Å². The van der Waals surface area contributed by atoms with Crippen LogP contribution in [-0.2, 0) is 12.8 Å². The lowest BCUT2D eigenvalue weighted by atomic mass is 10.1. The largest absolute Gasteiger partial charge is 0.357 e. The molecule has 132 valence electrons. The molecule has 1 aromatic heterocycles. The van der Waals surface area contributed by atoms with Crippen LogP contribution in [0.2, 0.25) is 0 Å². The number of hydrogen-bond donors (Lipinski definition) is 1. The molecule has 0 atom stereocenters. The molecule has 24 heavy (non-hydrogen) atoms. The summed E-state index contributed by atoms with van der Waals surface area (Å²) >= 11 is 1.79. The van der Waals surface area contributed by atoms with Crippen molar-refractivity contribution < 1.29 is 4.39 Å². The molecule has 1 aromatic carbocycles. The Labute approximate surface area is 165 Å². The van der Waals surface area contributed by atoms with Crippen molar-refractivity contribution in [2.45, 2.75) is 19.8 Å². The summed E-state index contributed by atoms with van der Waals surface area (Å²) in [5.41, 5.74) is 1.10. The van der Waals surface area contributed by atoms with E-state index in [9.17, 15) is 4.39 Å². The monoisotopic (exact) mass is 461 g/mol. The first-order valence-corrected chi connectivity index (χ1v) is 8.83. The number of nitrogens with zero attached hydrogens (tertiary/aromatic N) is 2. The molecule has 2 aromatic rings. The molecular weight excluding hydrogens is 436 g/mol. The molecule has 6 heteroatoms. The van der Waals surface area contributed by atoms with Gasteiger partial charge >= 0.3 is 0 Å². The second-order valence-corrected chi connectivity index (χ2v) is 6.40. The minimum absolute atomic E-state index is 0. The summed E-state index contributed by atoms with van der Waals surface area (Å²) in [6.07, 6.45) is 1.84. The van der Waals surface area contributed by atoms with Crippen molar-refractivity contribution in [2.75, 3.05) is 26.7 Å². The van der Waals surface area contributed by atoms with Crippen molar-refractivity contribution in [1.82, 2.24) is 10.2 Å². The third kappa shape index (κ3) is 7.17. The predicted octanol–water partition coefficient (Wildman–Crippen LogP) is 4.19. The summed E-state index contributed by atoms with van der Waals surface area (Å²) in [6, 6.07) is 10.9. The minimum atomic E-state index is -0.195. The lowest BCUT2D eigenvalue weighted by Crippen LogP contribution is -2.40. The van der Waals surface area contributed by atoms with Gasteiger partial charge in [0.05, 0.1) is 0 Å². The Balaban J connectivity index is 0.00000288. The molecule has 1 heterocycles. The minimum Gasteiger partial charge on any atom is -0.357 e. The number of hydrogen-bond acceptors (Lipinski definition) is 2. The topological polar surface area (TPSA) is 27.6 Å². The van der Waals surface area contributed by atoms with Gasteiger partial charge in [-0.25, -0.2) is 4.39 Å². The molecule has 0 radical (unpaired) electrons. The molecule has 0 aliphatic carbocycles. The van der Waals surface area contributed by atoms with Crippen molar-refractivity contribution in [3.8, 4) is 0 Å². The third-order valence-corrected chi connectivity index (χ3v) is 4.48. The van der Waals surface area contributed by atoms with E-state index in [1.165, 1.54) is 17.0 Å². The number of aliphatic imine (C=N–C) groups is 1. The van der Waals surface area contributed by atoms with Crippen molar-refractivity contribution in [2.24, 2.45) is 4.99 Å². The molecule has 3 nitrogen and oxygen atoms in total. The predicted molar refractivity (Wildman–Crippen MR) is 112 cm³/mol. The van der Waals surface area contributed by atoms with Crippen molar-refractivity contribution in [3.05, 3.63) is 58.0 Å². The highest BCUT2D eigenvalue weighted by atomic mass is 127. The lowest BCUT2D eigenvalue weighted by molar-refractivity contribution is 0.487. The van der Waals surface area contributed by atoms with E-state index in [4.69, 9.17) is 0 Å². The molecule has 0 amide bonds. The molecule has 0 bridgehead atoms. The summed E-state index contributed by atoms with van der Waals surface area (Å²) in [5, 5.41) is 5.44. The Kier molecular flexibility index (Phi) is 9.94. The summed E-state index contributed by atoms with van der Waals surface area (Å²) in [5.74, 6) is 0.727. The average Bonchev–Trinajstić information content (AvgIpc) is 3.07. The summed E-state index contributed by atoms with van der Waals surface area (Å²) < 4.78 is 12.9. The molecule has 1 N–H and O–H groups in total. The zero-order valence-electron chi connectivity index (χ0n) is 14.2. The van der Waals surface area contributed by atoms with Crippen molar-refractivity contribution in [3.63, 3.8) is 0 Å². The van der Waals surface area contributed by atoms with Crippen LogP contribution in [0, 0.1) is 5.82 Å². The number of thiophene rings is 1. The van der Waals surface area contributed by atoms with Gasteiger partial charge in [0.15, 0.2) is 5.96 Å². The van der Waals surface area contributed by atoms with Crippen LogP contribution in [0.15, 0.2) is 46.8 Å². The normalized spacial score (nSPS) is 11.0. The van der Waals surface area contributed by atoms with Crippen LogP contribution in [-0.4, -0.2) is 37.5 Å². The smallest absolute Gasteiger partial charge is 0.193 e. The molecule has 0 unspecified atom stereocenters. The maximum absolute atomic E-state index is 12.9. The highest BCUT2D eigenvalue weighted by Crippen LogP contribution is 2.09. The Morgan fingerprint density at radius 3 is 2.58 bits per heavy atom. The molecule has 2 rings (SSSR count). The average molecular weight is 461 g/mol. The Morgan fingerprint density at radius 1 is 1.21 bits per heavy atom. The van der Waals surface area contributed by atoms with Gasteiger partial charge in [-0.05, 0) is 48.9 Å². The Morgan fingerprint density at radius 2 is 1.96 bits per heavy atom. The van der Waals surface area contributed by atoms with Gasteiger partial charge in [0.2, 0.25) is 0 Å². The number of rotatable bonds is 7. The summed E-state index contributed by atoms with van der Waals surface area (Å²) in [4.78, 5) is 8.22. The maximum Gasteiger partial charge on any atom is 0.193 e. The molecule has 0 aliphatic heterocycles. The van der Waals surface area contributed by atoms with E-state index in [1.807, 2.05) is 12.1 Å². The highest BCUT2D eigenvalue weighted by Gasteiger charge is 2.06. The Bertz CT molecular complexity index is 599. The van der Waals surface area contributed by atoms with Crippen molar-refractivity contribution >= 4 is 41.3 Å². The van der Waals surface area contributed by atoms with Gasteiger partial charge in [-0.1, -0.05) is 18.2 Å². The van der Waals surface area contributed by atoms with Gasteiger partial charge in [0.25, 0.3) is 0 Å². The first-order chi connectivity index (χ1) is 11.2. The van der Waals surface area contributed by atoms with Gasteiger partial charge in [-0.2, -0.15) is 0 Å².